The smallest absolute Gasteiger partial charge is 0.251 e. The number of phenolic OH excluding ortho intramolecular Hbond substituents is 1. The summed E-state index contributed by atoms with van der Waals surface area (Å²) in [5, 5.41) is 12.3. The molecule has 0 saturated carbocycles. The van der Waals surface area contributed by atoms with Crippen molar-refractivity contribution in [3.63, 3.8) is 0 Å². The first-order chi connectivity index (χ1) is 9.47. The third-order valence-corrected chi connectivity index (χ3v) is 3.20. The van der Waals surface area contributed by atoms with Gasteiger partial charge in [0.15, 0.2) is 0 Å². The summed E-state index contributed by atoms with van der Waals surface area (Å²) in [6, 6.07) is 8.96. The SMILES string of the molecule is Cc1ccc(C(=O)NCc2ccc(F)c(Cl)c2)cc1O. The third-order valence-electron chi connectivity index (χ3n) is 2.91. The Morgan fingerprint density at radius 2 is 2.05 bits per heavy atom. The molecule has 0 bridgehead atoms. The molecule has 5 heteroatoms. The molecule has 0 saturated heterocycles. The van der Waals surface area contributed by atoms with Crippen molar-refractivity contribution in [1.29, 1.82) is 0 Å². The molecule has 2 aromatic carbocycles. The normalized spacial score (nSPS) is 10.3. The number of hydrogen-bond acceptors (Lipinski definition) is 2. The number of rotatable bonds is 3. The van der Waals surface area contributed by atoms with Gasteiger partial charge in [0.05, 0.1) is 5.02 Å². The summed E-state index contributed by atoms with van der Waals surface area (Å²) in [6.45, 7) is 1.98. The molecule has 0 spiro atoms. The molecule has 1 amide bonds. The summed E-state index contributed by atoms with van der Waals surface area (Å²) in [7, 11) is 0. The van der Waals surface area contributed by atoms with Crippen molar-refractivity contribution >= 4 is 17.5 Å². The van der Waals surface area contributed by atoms with Crippen LogP contribution in [-0.2, 0) is 6.54 Å². The number of benzene rings is 2. The topological polar surface area (TPSA) is 49.3 Å². The van der Waals surface area contributed by atoms with E-state index < -0.39 is 5.82 Å². The molecule has 2 N–H and O–H groups in total. The zero-order chi connectivity index (χ0) is 14.7. The number of aromatic hydroxyl groups is 1. The van der Waals surface area contributed by atoms with Gasteiger partial charge in [-0.05, 0) is 42.3 Å². The van der Waals surface area contributed by atoms with Crippen molar-refractivity contribution in [2.75, 3.05) is 0 Å². The first-order valence-corrected chi connectivity index (χ1v) is 6.37. The maximum absolute atomic E-state index is 13.0. The zero-order valence-electron chi connectivity index (χ0n) is 10.8. The Bertz CT molecular complexity index is 658. The van der Waals surface area contributed by atoms with Crippen molar-refractivity contribution in [2.45, 2.75) is 13.5 Å². The van der Waals surface area contributed by atoms with Crippen molar-refractivity contribution in [3.05, 3.63) is 63.9 Å². The van der Waals surface area contributed by atoms with Gasteiger partial charge in [0, 0.05) is 12.1 Å². The zero-order valence-corrected chi connectivity index (χ0v) is 11.5. The lowest BCUT2D eigenvalue weighted by Crippen LogP contribution is -2.22. The van der Waals surface area contributed by atoms with Crippen LogP contribution in [0.4, 0.5) is 4.39 Å². The van der Waals surface area contributed by atoms with Crippen LogP contribution in [-0.4, -0.2) is 11.0 Å². The average Bonchev–Trinajstić information content (AvgIpc) is 2.43. The van der Waals surface area contributed by atoms with E-state index in [-0.39, 0.29) is 23.2 Å². The van der Waals surface area contributed by atoms with E-state index in [2.05, 4.69) is 5.32 Å². The Labute approximate surface area is 121 Å². The molecule has 0 aliphatic carbocycles. The van der Waals surface area contributed by atoms with Crippen LogP contribution in [0.3, 0.4) is 0 Å². The second kappa shape index (κ2) is 5.92. The summed E-state index contributed by atoms with van der Waals surface area (Å²) < 4.78 is 13.0. The molecule has 2 rings (SSSR count). The van der Waals surface area contributed by atoms with Gasteiger partial charge in [-0.2, -0.15) is 0 Å². The van der Waals surface area contributed by atoms with E-state index >= 15 is 0 Å². The fourth-order valence-corrected chi connectivity index (χ4v) is 1.89. The first-order valence-electron chi connectivity index (χ1n) is 5.99. The summed E-state index contributed by atoms with van der Waals surface area (Å²) in [6.07, 6.45) is 0. The molecule has 0 atom stereocenters. The minimum absolute atomic E-state index is 0.0183. The van der Waals surface area contributed by atoms with Gasteiger partial charge in [-0.1, -0.05) is 23.7 Å². The van der Waals surface area contributed by atoms with Gasteiger partial charge in [-0.3, -0.25) is 4.79 Å². The molecule has 2 aromatic rings. The van der Waals surface area contributed by atoms with Crippen LogP contribution < -0.4 is 5.32 Å². The maximum atomic E-state index is 13.0. The molecule has 104 valence electrons. The third kappa shape index (κ3) is 3.27. The van der Waals surface area contributed by atoms with Gasteiger partial charge in [0.1, 0.15) is 11.6 Å². The number of phenols is 1. The molecule has 0 heterocycles. The minimum Gasteiger partial charge on any atom is -0.508 e. The molecule has 0 aliphatic rings. The standard InChI is InChI=1S/C15H13ClFNO2/c1-9-2-4-11(7-14(9)19)15(20)18-8-10-3-5-13(17)12(16)6-10/h2-7,19H,8H2,1H3,(H,18,20). The fourth-order valence-electron chi connectivity index (χ4n) is 1.68. The van der Waals surface area contributed by atoms with E-state index in [1.165, 1.54) is 18.2 Å². The molecule has 0 unspecified atom stereocenters. The number of halogens is 2. The van der Waals surface area contributed by atoms with Gasteiger partial charge >= 0.3 is 0 Å². The van der Waals surface area contributed by atoms with Gasteiger partial charge < -0.3 is 10.4 Å². The van der Waals surface area contributed by atoms with E-state index in [4.69, 9.17) is 11.6 Å². The predicted octanol–water partition coefficient (Wildman–Crippen LogP) is 3.42. The highest BCUT2D eigenvalue weighted by Crippen LogP contribution is 2.18. The summed E-state index contributed by atoms with van der Waals surface area (Å²) in [5.74, 6) is -0.742. The van der Waals surface area contributed by atoms with Crippen LogP contribution >= 0.6 is 11.6 Å². The van der Waals surface area contributed by atoms with Gasteiger partial charge in [0.25, 0.3) is 5.91 Å². The number of amides is 1. The van der Waals surface area contributed by atoms with Crippen LogP contribution in [0.15, 0.2) is 36.4 Å². The lowest BCUT2D eigenvalue weighted by molar-refractivity contribution is 0.0950. The fraction of sp³-hybridized carbons (Fsp3) is 0.133. The molecular weight excluding hydrogens is 281 g/mol. The number of carbonyl (C=O) groups excluding carboxylic acids is 1. The number of aryl methyl sites for hydroxylation is 1. The van der Waals surface area contributed by atoms with Crippen molar-refractivity contribution in [1.82, 2.24) is 5.32 Å². The van der Waals surface area contributed by atoms with E-state index in [9.17, 15) is 14.3 Å². The van der Waals surface area contributed by atoms with E-state index in [1.54, 1.807) is 25.1 Å². The van der Waals surface area contributed by atoms with Crippen LogP contribution in [0.1, 0.15) is 21.5 Å². The highest BCUT2D eigenvalue weighted by atomic mass is 35.5. The largest absolute Gasteiger partial charge is 0.508 e. The Balaban J connectivity index is 2.04. The van der Waals surface area contributed by atoms with Gasteiger partial charge in [-0.25, -0.2) is 4.39 Å². The minimum atomic E-state index is -0.495. The van der Waals surface area contributed by atoms with Crippen molar-refractivity contribution in [2.24, 2.45) is 0 Å². The number of nitrogens with one attached hydrogen (secondary N) is 1. The quantitative estimate of drug-likeness (QED) is 0.911. The molecule has 3 nitrogen and oxygen atoms in total. The van der Waals surface area contributed by atoms with Crippen LogP contribution in [0.25, 0.3) is 0 Å². The molecule has 0 radical (unpaired) electrons. The van der Waals surface area contributed by atoms with Crippen LogP contribution in [0, 0.1) is 12.7 Å². The molecule has 0 aliphatic heterocycles. The van der Waals surface area contributed by atoms with Crippen molar-refractivity contribution in [3.8, 4) is 5.75 Å². The number of hydrogen-bond donors (Lipinski definition) is 2. The maximum Gasteiger partial charge on any atom is 0.251 e. The first kappa shape index (κ1) is 14.3. The summed E-state index contributed by atoms with van der Waals surface area (Å²) in [5.41, 5.74) is 1.76. The molecule has 20 heavy (non-hydrogen) atoms. The highest BCUT2D eigenvalue weighted by Gasteiger charge is 2.08. The highest BCUT2D eigenvalue weighted by molar-refractivity contribution is 6.30. The van der Waals surface area contributed by atoms with Gasteiger partial charge in [0.2, 0.25) is 0 Å². The number of carbonyl (C=O) groups is 1. The molecule has 0 aromatic heterocycles. The second-order valence-electron chi connectivity index (χ2n) is 4.43. The molecular formula is C15H13ClFNO2. The van der Waals surface area contributed by atoms with Gasteiger partial charge in [-0.15, -0.1) is 0 Å². The second-order valence-corrected chi connectivity index (χ2v) is 4.84. The Morgan fingerprint density at radius 3 is 2.70 bits per heavy atom. The summed E-state index contributed by atoms with van der Waals surface area (Å²) >= 11 is 5.66. The Morgan fingerprint density at radius 1 is 1.30 bits per heavy atom. The molecule has 0 fully saturated rings. The van der Waals surface area contributed by atoms with Crippen molar-refractivity contribution < 1.29 is 14.3 Å². The lowest BCUT2D eigenvalue weighted by Gasteiger charge is -2.07. The Hall–Kier alpha value is -2.07. The summed E-state index contributed by atoms with van der Waals surface area (Å²) in [4.78, 5) is 11.9. The van der Waals surface area contributed by atoms with Crippen LogP contribution in [0.2, 0.25) is 5.02 Å². The van der Waals surface area contributed by atoms with E-state index in [1.807, 2.05) is 0 Å². The average molecular weight is 294 g/mol. The van der Waals surface area contributed by atoms with Crippen LogP contribution in [0.5, 0.6) is 5.75 Å². The Kier molecular flexibility index (Phi) is 4.25. The monoisotopic (exact) mass is 293 g/mol. The lowest BCUT2D eigenvalue weighted by atomic mass is 10.1. The van der Waals surface area contributed by atoms with E-state index in [0.29, 0.717) is 16.7 Å². The van der Waals surface area contributed by atoms with E-state index in [0.717, 1.165) is 0 Å². The predicted molar refractivity (Wildman–Crippen MR) is 75.4 cm³/mol.